The first-order valence-electron chi connectivity index (χ1n) is 11.3. The number of hydrogen-bond acceptors (Lipinski definition) is 10. The minimum absolute atomic E-state index is 0.00840. The predicted octanol–water partition coefficient (Wildman–Crippen LogP) is 3.73. The third kappa shape index (κ3) is 7.71. The Hall–Kier alpha value is -3.55. The Morgan fingerprint density at radius 3 is 2.38 bits per heavy atom. The first kappa shape index (κ1) is 28.0. The van der Waals surface area contributed by atoms with Crippen molar-refractivity contribution in [2.24, 2.45) is 0 Å². The van der Waals surface area contributed by atoms with E-state index in [1.165, 1.54) is 61.8 Å². The van der Waals surface area contributed by atoms with E-state index < -0.39 is 21.9 Å². The number of thiazole rings is 1. The van der Waals surface area contributed by atoms with Gasteiger partial charge in [0.05, 0.1) is 35.3 Å². The fraction of sp³-hybridized carbons (Fsp3) is 0.333. The molecule has 0 radical (unpaired) electrons. The Kier molecular flexibility index (Phi) is 9.18. The zero-order valence-corrected chi connectivity index (χ0v) is 22.7. The monoisotopic (exact) mass is 548 g/mol. The molecule has 0 bridgehead atoms. The molecule has 1 aromatic carbocycles. The van der Waals surface area contributed by atoms with Crippen LogP contribution in [0.4, 0.5) is 5.13 Å². The highest BCUT2D eigenvalue weighted by atomic mass is 32.2. The van der Waals surface area contributed by atoms with Gasteiger partial charge in [-0.15, -0.1) is 11.3 Å². The molecule has 0 saturated heterocycles. The van der Waals surface area contributed by atoms with Crippen LogP contribution >= 0.6 is 11.3 Å². The van der Waals surface area contributed by atoms with E-state index in [1.54, 1.807) is 12.3 Å². The van der Waals surface area contributed by atoms with Crippen LogP contribution in [0, 0.1) is 0 Å². The number of nitrogens with one attached hydrogen (secondary N) is 1. The van der Waals surface area contributed by atoms with E-state index >= 15 is 0 Å². The molecule has 0 spiro atoms. The number of ether oxygens (including phenoxy) is 3. The van der Waals surface area contributed by atoms with Crippen LogP contribution < -0.4 is 14.8 Å². The highest BCUT2D eigenvalue weighted by Crippen LogP contribution is 2.27. The van der Waals surface area contributed by atoms with Crippen LogP contribution in [0.5, 0.6) is 17.5 Å². The first-order chi connectivity index (χ1) is 17.5. The summed E-state index contributed by atoms with van der Waals surface area (Å²) in [5.74, 6) is -0.309. The van der Waals surface area contributed by atoms with Gasteiger partial charge >= 0.3 is 5.97 Å². The highest BCUT2D eigenvalue weighted by molar-refractivity contribution is 7.89. The van der Waals surface area contributed by atoms with Crippen LogP contribution in [0.2, 0.25) is 0 Å². The van der Waals surface area contributed by atoms with Crippen LogP contribution in [0.1, 0.15) is 36.8 Å². The van der Waals surface area contributed by atoms with Gasteiger partial charge < -0.3 is 14.2 Å². The smallest absolute Gasteiger partial charge is 0.311 e. The van der Waals surface area contributed by atoms with Crippen molar-refractivity contribution in [3.8, 4) is 17.5 Å². The van der Waals surface area contributed by atoms with E-state index in [1.807, 2.05) is 13.8 Å². The Bertz CT molecular complexity index is 1350. The average Bonchev–Trinajstić information content (AvgIpc) is 3.25. The Morgan fingerprint density at radius 1 is 1.08 bits per heavy atom. The summed E-state index contributed by atoms with van der Waals surface area (Å²) in [6, 6.07) is 8.73. The lowest BCUT2D eigenvalue weighted by molar-refractivity contribution is -0.142. The molecule has 1 amide bonds. The van der Waals surface area contributed by atoms with E-state index in [0.29, 0.717) is 16.6 Å². The molecule has 0 unspecified atom stereocenters. The summed E-state index contributed by atoms with van der Waals surface area (Å²) in [6.45, 7) is 5.64. The number of nitrogens with zero attached hydrogens (tertiary/aromatic N) is 3. The molecule has 0 aliphatic rings. The van der Waals surface area contributed by atoms with Crippen molar-refractivity contribution in [2.75, 3.05) is 26.0 Å². The van der Waals surface area contributed by atoms with Gasteiger partial charge in [0.2, 0.25) is 21.8 Å². The third-order valence-corrected chi connectivity index (χ3v) is 7.26. The van der Waals surface area contributed by atoms with Crippen molar-refractivity contribution >= 4 is 38.4 Å². The molecule has 13 heteroatoms. The number of carbonyl (C=O) groups excluding carboxylic acids is 2. The van der Waals surface area contributed by atoms with E-state index in [-0.39, 0.29) is 41.4 Å². The summed E-state index contributed by atoms with van der Waals surface area (Å²) in [5, 5.41) is 4.68. The molecule has 1 N–H and O–H groups in total. The minimum Gasteiger partial charge on any atom is -0.475 e. The van der Waals surface area contributed by atoms with E-state index in [9.17, 15) is 18.0 Å². The Morgan fingerprint density at radius 2 is 1.76 bits per heavy atom. The van der Waals surface area contributed by atoms with Gasteiger partial charge in [0.25, 0.3) is 5.91 Å². The van der Waals surface area contributed by atoms with Crippen LogP contribution in [0.15, 0.2) is 46.7 Å². The largest absolute Gasteiger partial charge is 0.475 e. The number of rotatable bonds is 11. The third-order valence-electron chi connectivity index (χ3n) is 4.62. The summed E-state index contributed by atoms with van der Waals surface area (Å²) >= 11 is 1.18. The number of anilines is 1. The molecule has 0 fully saturated rings. The lowest BCUT2D eigenvalue weighted by atomic mass is 10.2. The quantitative estimate of drug-likeness (QED) is 0.355. The number of aromatic nitrogens is 2. The maximum atomic E-state index is 13.0. The first-order valence-corrected chi connectivity index (χ1v) is 13.6. The second-order valence-electron chi connectivity index (χ2n) is 8.14. The van der Waals surface area contributed by atoms with Gasteiger partial charge in [-0.25, -0.2) is 17.7 Å². The van der Waals surface area contributed by atoms with Crippen molar-refractivity contribution in [3.63, 3.8) is 0 Å². The van der Waals surface area contributed by atoms with E-state index in [2.05, 4.69) is 15.3 Å². The van der Waals surface area contributed by atoms with Crippen molar-refractivity contribution in [2.45, 2.75) is 38.2 Å². The number of carbonyl (C=O) groups is 2. The maximum Gasteiger partial charge on any atom is 0.311 e. The molecular weight excluding hydrogens is 520 g/mol. The second-order valence-corrected chi connectivity index (χ2v) is 11.1. The van der Waals surface area contributed by atoms with Crippen molar-refractivity contribution in [1.82, 2.24) is 14.3 Å². The molecule has 0 aliphatic carbocycles. The molecule has 2 heterocycles. The zero-order valence-electron chi connectivity index (χ0n) is 21.0. The van der Waals surface area contributed by atoms with Crippen molar-refractivity contribution in [3.05, 3.63) is 53.0 Å². The molecule has 198 valence electrons. The van der Waals surface area contributed by atoms with Gasteiger partial charge in [-0.3, -0.25) is 14.9 Å². The number of amides is 1. The molecule has 2 aromatic heterocycles. The number of esters is 1. The molecule has 0 saturated carbocycles. The summed E-state index contributed by atoms with van der Waals surface area (Å²) in [5.41, 5.74) is 0.690. The van der Waals surface area contributed by atoms with Gasteiger partial charge in [-0.05, 0) is 45.0 Å². The molecule has 3 aromatic rings. The molecule has 11 nitrogen and oxygen atoms in total. The second kappa shape index (κ2) is 12.1. The maximum absolute atomic E-state index is 13.0. The summed E-state index contributed by atoms with van der Waals surface area (Å²) in [6.07, 6.45) is -0.201. The summed E-state index contributed by atoms with van der Waals surface area (Å²) < 4.78 is 42.1. The number of hydrogen-bond donors (Lipinski definition) is 1. The number of benzene rings is 1. The molecule has 0 aliphatic heterocycles. The highest BCUT2D eigenvalue weighted by Gasteiger charge is 2.18. The van der Waals surface area contributed by atoms with Crippen LogP contribution in [-0.2, 0) is 26.0 Å². The van der Waals surface area contributed by atoms with Crippen LogP contribution in [0.25, 0.3) is 0 Å². The van der Waals surface area contributed by atoms with Gasteiger partial charge in [0, 0.05) is 31.6 Å². The molecule has 3 rings (SSSR count). The Balaban J connectivity index is 1.80. The predicted molar refractivity (Wildman–Crippen MR) is 138 cm³/mol. The van der Waals surface area contributed by atoms with E-state index in [0.717, 1.165) is 4.31 Å². The topological polar surface area (TPSA) is 137 Å². The summed E-state index contributed by atoms with van der Waals surface area (Å²) in [7, 11) is -0.688. The van der Waals surface area contributed by atoms with E-state index in [4.69, 9.17) is 14.2 Å². The summed E-state index contributed by atoms with van der Waals surface area (Å²) in [4.78, 5) is 33.3. The zero-order chi connectivity index (χ0) is 27.2. The Labute approximate surface area is 219 Å². The number of sulfonamides is 1. The molecule has 37 heavy (non-hydrogen) atoms. The van der Waals surface area contributed by atoms with Crippen molar-refractivity contribution < 1.29 is 32.2 Å². The van der Waals surface area contributed by atoms with Crippen LogP contribution in [0.3, 0.4) is 0 Å². The lowest BCUT2D eigenvalue weighted by Gasteiger charge is -2.14. The van der Waals surface area contributed by atoms with Gasteiger partial charge in [-0.2, -0.15) is 4.98 Å². The molecular formula is C24H28N4O7S2. The van der Waals surface area contributed by atoms with Crippen LogP contribution in [-0.4, -0.2) is 61.4 Å². The number of pyridine rings is 1. The standard InChI is InChI=1S/C24H28N4O7S2/c1-6-33-22(29)13-17-14-36-24(25-17)27-23(30)16-11-20(34-15(2)3)26-21(12-16)35-18-7-9-19(10-8-18)37(31,32)28(4)5/h7-12,14-15H,6,13H2,1-5H3,(H,25,27,30). The SMILES string of the molecule is CCOC(=O)Cc1csc(NC(=O)c2cc(Oc3ccc(S(=O)(=O)N(C)C)cc3)nc(OC(C)C)c2)n1. The van der Waals surface area contributed by atoms with Gasteiger partial charge in [-0.1, -0.05) is 0 Å². The fourth-order valence-electron chi connectivity index (χ4n) is 2.95. The molecule has 0 atom stereocenters. The average molecular weight is 549 g/mol. The minimum atomic E-state index is -3.58. The van der Waals surface area contributed by atoms with Gasteiger partial charge in [0.1, 0.15) is 5.75 Å². The van der Waals surface area contributed by atoms with Gasteiger partial charge in [0.15, 0.2) is 5.13 Å². The fourth-order valence-corrected chi connectivity index (χ4v) is 4.56. The normalized spacial score (nSPS) is 11.4. The van der Waals surface area contributed by atoms with Crippen molar-refractivity contribution in [1.29, 1.82) is 0 Å². The lowest BCUT2D eigenvalue weighted by Crippen LogP contribution is -2.22.